The monoisotopic (exact) mass is 164 g/mol. The van der Waals surface area contributed by atoms with E-state index in [2.05, 4.69) is 4.98 Å². The molecule has 1 aromatic heterocycles. The van der Waals surface area contributed by atoms with Crippen LogP contribution in [0.3, 0.4) is 0 Å². The molecule has 0 N–H and O–H groups in total. The third kappa shape index (κ3) is 1.42. The van der Waals surface area contributed by atoms with E-state index in [9.17, 15) is 4.39 Å². The van der Waals surface area contributed by atoms with Crippen molar-refractivity contribution in [2.75, 3.05) is 0 Å². The van der Waals surface area contributed by atoms with Crippen molar-refractivity contribution in [3.63, 3.8) is 0 Å². The molecule has 0 aliphatic heterocycles. The molecule has 0 aliphatic carbocycles. The number of nitrogens with zero attached hydrogens (tertiary/aromatic N) is 2. The average Bonchev–Trinajstić information content (AvgIpc) is 2.03. The van der Waals surface area contributed by atoms with Crippen molar-refractivity contribution in [2.24, 2.45) is 0 Å². The summed E-state index contributed by atoms with van der Waals surface area (Å²) >= 11 is 0. The Labute approximate surface area is 70.7 Å². The van der Waals surface area contributed by atoms with E-state index >= 15 is 0 Å². The number of hydrogen-bond donors (Lipinski definition) is 0. The van der Waals surface area contributed by atoms with Crippen LogP contribution >= 0.6 is 0 Å². The molecule has 12 heavy (non-hydrogen) atoms. The molecule has 0 aromatic carbocycles. The minimum absolute atomic E-state index is 0.0625. The van der Waals surface area contributed by atoms with Crippen LogP contribution in [-0.4, -0.2) is 4.98 Å². The van der Waals surface area contributed by atoms with Crippen molar-refractivity contribution < 1.29 is 4.39 Å². The summed E-state index contributed by atoms with van der Waals surface area (Å²) in [6.07, 6.45) is 1.38. The Bertz CT molecular complexity index is 326. The van der Waals surface area contributed by atoms with Gasteiger partial charge < -0.3 is 0 Å². The van der Waals surface area contributed by atoms with E-state index in [1.807, 2.05) is 19.9 Å². The Morgan fingerprint density at radius 3 is 2.67 bits per heavy atom. The van der Waals surface area contributed by atoms with Gasteiger partial charge in [0.15, 0.2) is 0 Å². The molecule has 0 spiro atoms. The van der Waals surface area contributed by atoms with Gasteiger partial charge in [-0.1, -0.05) is 13.8 Å². The maximum Gasteiger partial charge on any atom is 0.231 e. The van der Waals surface area contributed by atoms with Crippen molar-refractivity contribution in [2.45, 2.75) is 19.8 Å². The van der Waals surface area contributed by atoms with E-state index < -0.39 is 5.95 Å². The fourth-order valence-electron chi connectivity index (χ4n) is 1.04. The second-order valence-corrected chi connectivity index (χ2v) is 2.83. The molecule has 0 fully saturated rings. The first kappa shape index (κ1) is 8.66. The van der Waals surface area contributed by atoms with Gasteiger partial charge in [-0.05, 0) is 17.5 Å². The zero-order chi connectivity index (χ0) is 9.14. The molecule has 0 aliphatic rings. The lowest BCUT2D eigenvalue weighted by molar-refractivity contribution is 0.575. The lowest BCUT2D eigenvalue weighted by atomic mass is 10.00. The summed E-state index contributed by atoms with van der Waals surface area (Å²) in [6, 6.07) is 3.48. The smallest absolute Gasteiger partial charge is 0.227 e. The lowest BCUT2D eigenvalue weighted by Crippen LogP contribution is -1.97. The maximum absolute atomic E-state index is 12.9. The average molecular weight is 164 g/mol. The van der Waals surface area contributed by atoms with E-state index in [1.54, 1.807) is 6.07 Å². The number of nitriles is 1. The number of hydrogen-bond acceptors (Lipinski definition) is 2. The molecule has 1 rings (SSSR count). The number of pyridine rings is 1. The molecule has 0 saturated heterocycles. The molecule has 1 aromatic rings. The molecule has 0 unspecified atom stereocenters. The topological polar surface area (TPSA) is 36.7 Å². The summed E-state index contributed by atoms with van der Waals surface area (Å²) in [5.41, 5.74) is 0.775. The largest absolute Gasteiger partial charge is 0.231 e. The Morgan fingerprint density at radius 1 is 1.58 bits per heavy atom. The van der Waals surface area contributed by atoms with Crippen LogP contribution in [0.4, 0.5) is 4.39 Å². The van der Waals surface area contributed by atoms with Crippen LogP contribution in [0.2, 0.25) is 0 Å². The third-order valence-corrected chi connectivity index (χ3v) is 1.67. The number of rotatable bonds is 1. The standard InChI is InChI=1S/C9H9FN2/c1-6(2)7-3-4-12-9(10)8(7)5-11/h3-4,6H,1-2H3. The molecule has 0 saturated carbocycles. The zero-order valence-electron chi connectivity index (χ0n) is 7.00. The minimum atomic E-state index is -0.677. The van der Waals surface area contributed by atoms with Crippen molar-refractivity contribution in [3.8, 4) is 6.07 Å². The normalized spacial score (nSPS) is 9.92. The van der Waals surface area contributed by atoms with Gasteiger partial charge in [-0.2, -0.15) is 9.65 Å². The van der Waals surface area contributed by atoms with Gasteiger partial charge in [0.1, 0.15) is 11.6 Å². The summed E-state index contributed by atoms with van der Waals surface area (Å²) in [5, 5.41) is 8.62. The summed E-state index contributed by atoms with van der Waals surface area (Å²) in [7, 11) is 0. The van der Waals surface area contributed by atoms with E-state index in [-0.39, 0.29) is 11.5 Å². The quantitative estimate of drug-likeness (QED) is 0.596. The van der Waals surface area contributed by atoms with Crippen molar-refractivity contribution in [3.05, 3.63) is 29.3 Å². The van der Waals surface area contributed by atoms with Gasteiger partial charge in [0.2, 0.25) is 5.95 Å². The van der Waals surface area contributed by atoms with Crippen LogP contribution in [0.5, 0.6) is 0 Å². The highest BCUT2D eigenvalue weighted by Gasteiger charge is 2.10. The Morgan fingerprint density at radius 2 is 2.25 bits per heavy atom. The summed E-state index contributed by atoms with van der Waals surface area (Å²) in [6.45, 7) is 3.82. The van der Waals surface area contributed by atoms with Gasteiger partial charge in [0.25, 0.3) is 0 Å². The molecule has 0 atom stereocenters. The van der Waals surface area contributed by atoms with Crippen molar-refractivity contribution in [1.82, 2.24) is 4.98 Å². The van der Waals surface area contributed by atoms with Gasteiger partial charge in [0, 0.05) is 6.20 Å². The highest BCUT2D eigenvalue weighted by Crippen LogP contribution is 2.19. The fraction of sp³-hybridized carbons (Fsp3) is 0.333. The second-order valence-electron chi connectivity index (χ2n) is 2.83. The molecule has 2 nitrogen and oxygen atoms in total. The van der Waals surface area contributed by atoms with Crippen LogP contribution in [-0.2, 0) is 0 Å². The van der Waals surface area contributed by atoms with Crippen LogP contribution in [0, 0.1) is 17.3 Å². The molecule has 1 heterocycles. The molecule has 62 valence electrons. The van der Waals surface area contributed by atoms with Crippen LogP contribution in [0.15, 0.2) is 12.3 Å². The molecule has 3 heteroatoms. The van der Waals surface area contributed by atoms with Crippen molar-refractivity contribution >= 4 is 0 Å². The predicted molar refractivity (Wildman–Crippen MR) is 43.0 cm³/mol. The highest BCUT2D eigenvalue weighted by atomic mass is 19.1. The van der Waals surface area contributed by atoms with Crippen LogP contribution in [0.25, 0.3) is 0 Å². The molecule has 0 amide bonds. The van der Waals surface area contributed by atoms with Crippen LogP contribution in [0.1, 0.15) is 30.9 Å². The van der Waals surface area contributed by atoms with E-state index in [0.29, 0.717) is 5.56 Å². The Hall–Kier alpha value is -1.43. The first-order valence-electron chi connectivity index (χ1n) is 3.71. The van der Waals surface area contributed by atoms with Crippen LogP contribution < -0.4 is 0 Å². The first-order chi connectivity index (χ1) is 5.66. The first-order valence-corrected chi connectivity index (χ1v) is 3.71. The SMILES string of the molecule is CC(C)c1ccnc(F)c1C#N. The molecular weight excluding hydrogens is 155 g/mol. The fourth-order valence-corrected chi connectivity index (χ4v) is 1.04. The summed E-state index contributed by atoms with van der Waals surface area (Å²) < 4.78 is 12.9. The van der Waals surface area contributed by atoms with Gasteiger partial charge in [0.05, 0.1) is 0 Å². The van der Waals surface area contributed by atoms with E-state index in [1.165, 1.54) is 6.20 Å². The lowest BCUT2D eigenvalue weighted by Gasteiger charge is -2.06. The van der Waals surface area contributed by atoms with E-state index in [4.69, 9.17) is 5.26 Å². The van der Waals surface area contributed by atoms with E-state index in [0.717, 1.165) is 0 Å². The molecular formula is C9H9FN2. The van der Waals surface area contributed by atoms with Gasteiger partial charge in [-0.3, -0.25) is 0 Å². The maximum atomic E-state index is 12.9. The van der Waals surface area contributed by atoms with Gasteiger partial charge >= 0.3 is 0 Å². The molecule has 0 bridgehead atoms. The van der Waals surface area contributed by atoms with Gasteiger partial charge in [-0.15, -0.1) is 0 Å². The Balaban J connectivity index is 3.30. The highest BCUT2D eigenvalue weighted by molar-refractivity contribution is 5.37. The third-order valence-electron chi connectivity index (χ3n) is 1.67. The number of halogens is 1. The molecule has 0 radical (unpaired) electrons. The summed E-state index contributed by atoms with van der Waals surface area (Å²) in [5.74, 6) is -0.527. The second kappa shape index (κ2) is 3.31. The summed E-state index contributed by atoms with van der Waals surface area (Å²) in [4.78, 5) is 3.40. The number of aromatic nitrogens is 1. The van der Waals surface area contributed by atoms with Crippen molar-refractivity contribution in [1.29, 1.82) is 5.26 Å². The van der Waals surface area contributed by atoms with Gasteiger partial charge in [-0.25, -0.2) is 4.98 Å². The zero-order valence-corrected chi connectivity index (χ0v) is 7.00. The predicted octanol–water partition coefficient (Wildman–Crippen LogP) is 2.22. The Kier molecular flexibility index (Phi) is 2.39. The minimum Gasteiger partial charge on any atom is -0.227 e.